The molecular weight excluding hydrogens is 472 g/mol. The Kier molecular flexibility index (Phi) is 6.54. The van der Waals surface area contributed by atoms with E-state index >= 15 is 0 Å². The highest BCUT2D eigenvalue weighted by atomic mass is 19.4. The predicted octanol–water partition coefficient (Wildman–Crippen LogP) is 7.92. The number of ether oxygens (including phenoxy) is 2. The zero-order valence-electron chi connectivity index (χ0n) is 19.6. The van der Waals surface area contributed by atoms with Gasteiger partial charge in [0, 0.05) is 17.2 Å². The molecule has 0 bridgehead atoms. The van der Waals surface area contributed by atoms with E-state index in [1.165, 1.54) is 24.3 Å². The first-order chi connectivity index (χ1) is 16.9. The maximum atomic E-state index is 13.7. The van der Waals surface area contributed by atoms with Crippen molar-refractivity contribution in [3.8, 4) is 23.0 Å². The fourth-order valence-electron chi connectivity index (χ4n) is 3.74. The highest BCUT2D eigenvalue weighted by Crippen LogP contribution is 2.40. The van der Waals surface area contributed by atoms with Crippen molar-refractivity contribution in [1.29, 1.82) is 0 Å². The highest BCUT2D eigenvalue weighted by Gasteiger charge is 2.35. The Morgan fingerprint density at radius 2 is 1.17 bits per heavy atom. The zero-order chi connectivity index (χ0) is 26.1. The molecule has 0 aromatic heterocycles. The minimum Gasteiger partial charge on any atom is -0.457 e. The molecule has 0 fully saturated rings. The van der Waals surface area contributed by atoms with Gasteiger partial charge in [-0.25, -0.2) is 4.39 Å². The van der Waals surface area contributed by atoms with Crippen LogP contribution in [0.2, 0.25) is 0 Å². The summed E-state index contributed by atoms with van der Waals surface area (Å²) in [6.07, 6.45) is -4.59. The van der Waals surface area contributed by atoms with Crippen LogP contribution in [0, 0.1) is 5.82 Å². The Morgan fingerprint density at radius 1 is 0.639 bits per heavy atom. The first kappa shape index (κ1) is 24.9. The van der Waals surface area contributed by atoms with E-state index in [0.29, 0.717) is 11.5 Å². The number of nitrogens with two attached hydrogens (primary N) is 2. The van der Waals surface area contributed by atoms with Gasteiger partial charge in [0.25, 0.3) is 0 Å². The molecule has 0 amide bonds. The second kappa shape index (κ2) is 9.45. The molecule has 4 N–H and O–H groups in total. The van der Waals surface area contributed by atoms with E-state index < -0.39 is 23.0 Å². The lowest BCUT2D eigenvalue weighted by molar-refractivity contribution is -0.138. The van der Waals surface area contributed by atoms with Gasteiger partial charge in [-0.3, -0.25) is 0 Å². The molecule has 0 heterocycles. The number of hydrogen-bond acceptors (Lipinski definition) is 4. The standard InChI is InChI=1S/C28H24F4N2O2/c1-27(2,17-3-8-20(9-4-17)35-22-12-13-25(34)24(29)16-22)18-5-10-21(11-6-18)36-26-14-7-19(33)15-23(26)28(30,31)32/h3-16H,33-34H2,1-2H3. The van der Waals surface area contributed by atoms with E-state index in [-0.39, 0.29) is 22.9 Å². The molecule has 36 heavy (non-hydrogen) atoms. The molecule has 186 valence electrons. The van der Waals surface area contributed by atoms with Crippen molar-refractivity contribution in [2.75, 3.05) is 11.5 Å². The summed E-state index contributed by atoms with van der Waals surface area (Å²) in [6, 6.07) is 21.9. The molecule has 0 spiro atoms. The third-order valence-corrected chi connectivity index (χ3v) is 5.90. The van der Waals surface area contributed by atoms with Crippen LogP contribution in [0.25, 0.3) is 0 Å². The minimum atomic E-state index is -4.59. The van der Waals surface area contributed by atoms with Crippen molar-refractivity contribution in [3.63, 3.8) is 0 Å². The Balaban J connectivity index is 1.50. The molecule has 0 aliphatic rings. The second-order valence-corrected chi connectivity index (χ2v) is 8.81. The van der Waals surface area contributed by atoms with Gasteiger partial charge >= 0.3 is 6.18 Å². The van der Waals surface area contributed by atoms with Gasteiger partial charge in [-0.2, -0.15) is 13.2 Å². The zero-order valence-corrected chi connectivity index (χ0v) is 19.6. The number of rotatable bonds is 6. The molecule has 8 heteroatoms. The monoisotopic (exact) mass is 496 g/mol. The molecular formula is C28H24F4N2O2. The van der Waals surface area contributed by atoms with Crippen LogP contribution in [0.4, 0.5) is 28.9 Å². The van der Waals surface area contributed by atoms with E-state index in [2.05, 4.69) is 0 Å². The molecule has 0 radical (unpaired) electrons. The molecule has 0 unspecified atom stereocenters. The van der Waals surface area contributed by atoms with Gasteiger partial charge < -0.3 is 20.9 Å². The van der Waals surface area contributed by atoms with Crippen molar-refractivity contribution < 1.29 is 27.0 Å². The highest BCUT2D eigenvalue weighted by molar-refractivity contribution is 5.51. The van der Waals surface area contributed by atoms with Crippen LogP contribution < -0.4 is 20.9 Å². The Labute approximate surface area is 206 Å². The number of anilines is 2. The molecule has 0 atom stereocenters. The summed E-state index contributed by atoms with van der Waals surface area (Å²) in [5.41, 5.74) is 11.6. The topological polar surface area (TPSA) is 70.5 Å². The van der Waals surface area contributed by atoms with Crippen LogP contribution in [0.15, 0.2) is 84.9 Å². The van der Waals surface area contributed by atoms with E-state index in [1.807, 2.05) is 38.1 Å². The number of halogens is 4. The molecule has 0 saturated carbocycles. The summed E-state index contributed by atoms with van der Waals surface area (Å²) in [4.78, 5) is 0. The molecule has 4 aromatic carbocycles. The van der Waals surface area contributed by atoms with Crippen molar-refractivity contribution in [3.05, 3.63) is 107 Å². The predicted molar refractivity (Wildman–Crippen MR) is 132 cm³/mol. The lowest BCUT2D eigenvalue weighted by Crippen LogP contribution is -2.18. The van der Waals surface area contributed by atoms with Gasteiger partial charge in [0.2, 0.25) is 0 Å². The van der Waals surface area contributed by atoms with Gasteiger partial charge in [0.05, 0.1) is 5.69 Å². The summed E-state index contributed by atoms with van der Waals surface area (Å²) in [7, 11) is 0. The van der Waals surface area contributed by atoms with E-state index in [1.54, 1.807) is 30.3 Å². The van der Waals surface area contributed by atoms with Gasteiger partial charge in [0.1, 0.15) is 34.4 Å². The van der Waals surface area contributed by atoms with Gasteiger partial charge in [-0.1, -0.05) is 38.1 Å². The minimum absolute atomic E-state index is 0.00354. The summed E-state index contributed by atoms with van der Waals surface area (Å²) < 4.78 is 65.0. The third kappa shape index (κ3) is 5.38. The maximum Gasteiger partial charge on any atom is 0.420 e. The van der Waals surface area contributed by atoms with Crippen LogP contribution in [-0.2, 0) is 11.6 Å². The smallest absolute Gasteiger partial charge is 0.420 e. The third-order valence-electron chi connectivity index (χ3n) is 5.90. The van der Waals surface area contributed by atoms with Gasteiger partial charge in [-0.15, -0.1) is 0 Å². The second-order valence-electron chi connectivity index (χ2n) is 8.81. The molecule has 0 aliphatic heterocycles. The maximum absolute atomic E-state index is 13.7. The lowest BCUT2D eigenvalue weighted by atomic mass is 9.78. The number of benzene rings is 4. The van der Waals surface area contributed by atoms with Crippen LogP contribution in [0.1, 0.15) is 30.5 Å². The first-order valence-corrected chi connectivity index (χ1v) is 11.0. The number of nitrogen functional groups attached to an aromatic ring is 2. The molecule has 4 rings (SSSR count). The molecule has 4 nitrogen and oxygen atoms in total. The summed E-state index contributed by atoms with van der Waals surface area (Å²) >= 11 is 0. The first-order valence-electron chi connectivity index (χ1n) is 11.0. The van der Waals surface area contributed by atoms with Gasteiger partial charge in [-0.05, 0) is 65.7 Å². The Hall–Kier alpha value is -4.20. The summed E-state index contributed by atoms with van der Waals surface area (Å²) in [5.74, 6) is 0.263. The van der Waals surface area contributed by atoms with Crippen molar-refractivity contribution in [1.82, 2.24) is 0 Å². The summed E-state index contributed by atoms with van der Waals surface area (Å²) in [6.45, 7) is 4.05. The fourth-order valence-corrected chi connectivity index (χ4v) is 3.74. The summed E-state index contributed by atoms with van der Waals surface area (Å²) in [5, 5.41) is 0. The van der Waals surface area contributed by atoms with E-state index in [9.17, 15) is 17.6 Å². The van der Waals surface area contributed by atoms with Crippen molar-refractivity contribution in [2.45, 2.75) is 25.4 Å². The van der Waals surface area contributed by atoms with Gasteiger partial charge in [0.15, 0.2) is 0 Å². The normalized spacial score (nSPS) is 11.8. The van der Waals surface area contributed by atoms with Crippen molar-refractivity contribution >= 4 is 11.4 Å². The average molecular weight is 497 g/mol. The average Bonchev–Trinajstić information content (AvgIpc) is 2.83. The van der Waals surface area contributed by atoms with Crippen LogP contribution >= 0.6 is 0 Å². The van der Waals surface area contributed by atoms with Crippen molar-refractivity contribution in [2.24, 2.45) is 0 Å². The van der Waals surface area contributed by atoms with Crippen LogP contribution in [-0.4, -0.2) is 0 Å². The molecule has 0 saturated heterocycles. The fraction of sp³-hybridized carbons (Fsp3) is 0.143. The lowest BCUT2D eigenvalue weighted by Gasteiger charge is -2.26. The van der Waals surface area contributed by atoms with Crippen LogP contribution in [0.5, 0.6) is 23.0 Å². The number of hydrogen-bond donors (Lipinski definition) is 2. The molecule has 4 aromatic rings. The molecule has 0 aliphatic carbocycles. The number of alkyl halides is 3. The quantitative estimate of drug-likeness (QED) is 0.210. The van der Waals surface area contributed by atoms with E-state index in [4.69, 9.17) is 20.9 Å². The largest absolute Gasteiger partial charge is 0.457 e. The SMILES string of the molecule is CC(C)(c1ccc(Oc2ccc(N)c(F)c2)cc1)c1ccc(Oc2ccc(N)cc2C(F)(F)F)cc1. The Bertz CT molecular complexity index is 1370. The van der Waals surface area contributed by atoms with Crippen LogP contribution in [0.3, 0.4) is 0 Å². The Morgan fingerprint density at radius 3 is 1.69 bits per heavy atom. The van der Waals surface area contributed by atoms with E-state index in [0.717, 1.165) is 17.2 Å².